The second-order valence-corrected chi connectivity index (χ2v) is 7.74. The summed E-state index contributed by atoms with van der Waals surface area (Å²) < 4.78 is 0.602. The maximum atomic E-state index is 12.5. The molecule has 3 N–H and O–H groups in total. The highest BCUT2D eigenvalue weighted by atomic mass is 35.5. The van der Waals surface area contributed by atoms with Gasteiger partial charge in [-0.1, -0.05) is 23.7 Å². The van der Waals surface area contributed by atoms with Crippen molar-refractivity contribution < 1.29 is 9.69 Å². The third kappa shape index (κ3) is 4.74. The number of nitrogens with zero attached hydrogens (tertiary/aromatic N) is 1. The van der Waals surface area contributed by atoms with E-state index in [1.807, 2.05) is 44.2 Å². The second kappa shape index (κ2) is 8.65. The summed E-state index contributed by atoms with van der Waals surface area (Å²) in [5.41, 5.74) is 1.53. The van der Waals surface area contributed by atoms with E-state index in [1.165, 1.54) is 11.3 Å². The largest absolute Gasteiger partial charge is 0.351 e. The summed E-state index contributed by atoms with van der Waals surface area (Å²) in [6.07, 6.45) is 0. The zero-order chi connectivity index (χ0) is 19.4. The summed E-state index contributed by atoms with van der Waals surface area (Å²) in [4.78, 5) is 33.8. The Kier molecular flexibility index (Phi) is 6.26. The summed E-state index contributed by atoms with van der Waals surface area (Å²) in [5, 5.41) is 3.48. The van der Waals surface area contributed by atoms with Crippen LogP contribution < -0.4 is 15.8 Å². The van der Waals surface area contributed by atoms with Crippen molar-refractivity contribution in [1.29, 1.82) is 0 Å². The highest BCUT2D eigenvalue weighted by molar-refractivity contribution is 7.22. The Morgan fingerprint density at radius 1 is 1.30 bits per heavy atom. The van der Waals surface area contributed by atoms with Gasteiger partial charge in [-0.15, -0.1) is 11.3 Å². The maximum absolute atomic E-state index is 12.5. The Balaban J connectivity index is 1.86. The lowest BCUT2D eigenvalue weighted by atomic mass is 10.2. The van der Waals surface area contributed by atoms with Crippen LogP contribution in [-0.4, -0.2) is 35.5 Å². The number of aromatic amines is 1. The normalized spacial score (nSPS) is 12.3. The quantitative estimate of drug-likeness (QED) is 0.561. The van der Waals surface area contributed by atoms with Gasteiger partial charge in [0.05, 0.1) is 12.1 Å². The fraction of sp³-hybridized carbons (Fsp3) is 0.316. The van der Waals surface area contributed by atoms with E-state index < -0.39 is 0 Å². The van der Waals surface area contributed by atoms with Crippen LogP contribution in [0.25, 0.3) is 20.7 Å². The van der Waals surface area contributed by atoms with Gasteiger partial charge in [-0.25, -0.2) is 4.98 Å². The average Bonchev–Trinajstić information content (AvgIpc) is 3.06. The first-order valence-electron chi connectivity index (χ1n) is 8.89. The number of likely N-dealkylation sites (N-methyl/N-ethyl adjacent to an activating group) is 2. The molecule has 8 heteroatoms. The van der Waals surface area contributed by atoms with Gasteiger partial charge in [0.25, 0.3) is 11.5 Å². The van der Waals surface area contributed by atoms with Crippen LogP contribution in [0.2, 0.25) is 5.02 Å². The van der Waals surface area contributed by atoms with E-state index >= 15 is 0 Å². The number of aromatic nitrogens is 2. The number of amides is 1. The van der Waals surface area contributed by atoms with Gasteiger partial charge in [-0.3, -0.25) is 9.59 Å². The molecule has 0 saturated heterocycles. The molecule has 27 heavy (non-hydrogen) atoms. The number of quaternary nitrogens is 1. The minimum Gasteiger partial charge on any atom is -0.351 e. The van der Waals surface area contributed by atoms with Crippen LogP contribution in [0, 0.1) is 0 Å². The van der Waals surface area contributed by atoms with Gasteiger partial charge >= 0.3 is 0 Å². The fourth-order valence-corrected chi connectivity index (χ4v) is 3.99. The molecule has 1 unspecified atom stereocenters. The SMILES string of the molecule is CCNC(=O)C[NH+](CC)Cc1nc2cc(-c3ccc(Cl)cc3)sc2c(=O)[nH]1. The molecule has 2 aromatic heterocycles. The number of hydrogen-bond donors (Lipinski definition) is 3. The van der Waals surface area contributed by atoms with E-state index in [9.17, 15) is 9.59 Å². The number of H-pyrrole nitrogens is 1. The second-order valence-electron chi connectivity index (χ2n) is 6.26. The summed E-state index contributed by atoms with van der Waals surface area (Å²) in [5.74, 6) is 0.590. The van der Waals surface area contributed by atoms with E-state index in [-0.39, 0.29) is 11.5 Å². The predicted molar refractivity (Wildman–Crippen MR) is 109 cm³/mol. The van der Waals surface area contributed by atoms with Crippen LogP contribution in [0.15, 0.2) is 35.1 Å². The minimum absolute atomic E-state index is 0.00154. The Morgan fingerprint density at radius 3 is 2.70 bits per heavy atom. The zero-order valence-corrected chi connectivity index (χ0v) is 16.8. The molecule has 1 aromatic carbocycles. The molecular formula is C19H22ClN4O2S+. The van der Waals surface area contributed by atoms with Crippen LogP contribution in [0.5, 0.6) is 0 Å². The van der Waals surface area contributed by atoms with Crippen molar-refractivity contribution in [2.45, 2.75) is 20.4 Å². The molecular weight excluding hydrogens is 384 g/mol. The Bertz CT molecular complexity index is 997. The number of nitrogens with one attached hydrogen (secondary N) is 3. The molecule has 0 fully saturated rings. The van der Waals surface area contributed by atoms with Crippen LogP contribution >= 0.6 is 22.9 Å². The molecule has 0 aliphatic carbocycles. The number of fused-ring (bicyclic) bond motifs is 1. The number of rotatable bonds is 7. The van der Waals surface area contributed by atoms with E-state index in [1.54, 1.807) is 0 Å². The number of halogens is 1. The molecule has 0 spiro atoms. The minimum atomic E-state index is -0.145. The number of hydrogen-bond acceptors (Lipinski definition) is 4. The van der Waals surface area contributed by atoms with Crippen molar-refractivity contribution in [3.05, 3.63) is 51.5 Å². The van der Waals surface area contributed by atoms with Gasteiger partial charge < -0.3 is 15.2 Å². The predicted octanol–water partition coefficient (Wildman–Crippen LogP) is 1.85. The molecule has 1 atom stereocenters. The molecule has 0 saturated carbocycles. The van der Waals surface area contributed by atoms with Gasteiger partial charge in [0, 0.05) is 16.4 Å². The van der Waals surface area contributed by atoms with Crippen LogP contribution in [0.3, 0.4) is 0 Å². The summed E-state index contributed by atoms with van der Waals surface area (Å²) in [6, 6.07) is 9.44. The van der Waals surface area contributed by atoms with Crippen molar-refractivity contribution in [2.24, 2.45) is 0 Å². The fourth-order valence-electron chi connectivity index (χ4n) is 2.86. The first-order chi connectivity index (χ1) is 13.0. The zero-order valence-electron chi connectivity index (χ0n) is 15.3. The molecule has 0 aliphatic rings. The van der Waals surface area contributed by atoms with Crippen molar-refractivity contribution in [3.8, 4) is 10.4 Å². The summed E-state index contributed by atoms with van der Waals surface area (Å²) in [6.45, 7) is 6.12. The Hall–Kier alpha value is -2.22. The Labute approximate surface area is 166 Å². The van der Waals surface area contributed by atoms with Crippen LogP contribution in [0.1, 0.15) is 19.7 Å². The summed E-state index contributed by atoms with van der Waals surface area (Å²) >= 11 is 7.36. The molecule has 0 aliphatic heterocycles. The van der Waals surface area contributed by atoms with Gasteiger partial charge in [0.2, 0.25) is 0 Å². The maximum Gasteiger partial charge on any atom is 0.275 e. The smallest absolute Gasteiger partial charge is 0.275 e. The lowest BCUT2D eigenvalue weighted by Crippen LogP contribution is -3.11. The lowest BCUT2D eigenvalue weighted by molar-refractivity contribution is -0.904. The van der Waals surface area contributed by atoms with E-state index in [2.05, 4.69) is 15.3 Å². The molecule has 0 radical (unpaired) electrons. The molecule has 3 aromatic rings. The van der Waals surface area contributed by atoms with Crippen molar-refractivity contribution in [1.82, 2.24) is 15.3 Å². The highest BCUT2D eigenvalue weighted by Crippen LogP contribution is 2.31. The standard InChI is InChI=1S/C19H21ClN4O2S/c1-3-21-17(25)11-24(4-2)10-16-22-14-9-15(27-18(14)19(26)23-16)12-5-7-13(20)8-6-12/h5-9H,3-4,10-11H2,1-2H3,(H,21,25)(H,22,23,26)/p+1. The molecule has 6 nitrogen and oxygen atoms in total. The highest BCUT2D eigenvalue weighted by Gasteiger charge is 2.16. The van der Waals surface area contributed by atoms with Gasteiger partial charge in [-0.2, -0.15) is 0 Å². The molecule has 2 heterocycles. The molecule has 0 bridgehead atoms. The summed E-state index contributed by atoms with van der Waals surface area (Å²) in [7, 11) is 0. The first-order valence-corrected chi connectivity index (χ1v) is 10.1. The van der Waals surface area contributed by atoms with Crippen molar-refractivity contribution in [3.63, 3.8) is 0 Å². The number of benzene rings is 1. The van der Waals surface area contributed by atoms with E-state index in [0.717, 1.165) is 21.9 Å². The van der Waals surface area contributed by atoms with E-state index in [4.69, 9.17) is 11.6 Å². The van der Waals surface area contributed by atoms with E-state index in [0.29, 0.717) is 40.7 Å². The number of carbonyl (C=O) groups excluding carboxylic acids is 1. The van der Waals surface area contributed by atoms with Crippen LogP contribution in [0.4, 0.5) is 0 Å². The number of thiophene rings is 1. The lowest BCUT2D eigenvalue weighted by Gasteiger charge is -2.16. The topological polar surface area (TPSA) is 79.3 Å². The molecule has 142 valence electrons. The van der Waals surface area contributed by atoms with Gasteiger partial charge in [0.15, 0.2) is 12.4 Å². The Morgan fingerprint density at radius 2 is 2.04 bits per heavy atom. The third-order valence-electron chi connectivity index (χ3n) is 4.26. The van der Waals surface area contributed by atoms with Crippen molar-refractivity contribution in [2.75, 3.05) is 19.6 Å². The van der Waals surface area contributed by atoms with Crippen LogP contribution in [-0.2, 0) is 11.3 Å². The number of carbonyl (C=O) groups is 1. The third-order valence-corrected chi connectivity index (χ3v) is 5.69. The monoisotopic (exact) mass is 405 g/mol. The van der Waals surface area contributed by atoms with Gasteiger partial charge in [-0.05, 0) is 37.6 Å². The van der Waals surface area contributed by atoms with Gasteiger partial charge in [0.1, 0.15) is 11.2 Å². The average molecular weight is 406 g/mol. The first kappa shape index (κ1) is 19.5. The molecule has 1 amide bonds. The van der Waals surface area contributed by atoms with Crippen molar-refractivity contribution >= 4 is 39.1 Å². The molecule has 3 rings (SSSR count).